The highest BCUT2D eigenvalue weighted by Gasteiger charge is 2.08. The Kier molecular flexibility index (Phi) is 7.83. The Bertz CT molecular complexity index is 870. The molecule has 2 aromatic carbocycles. The molecule has 8 heteroatoms. The molecule has 148 valence electrons. The molecule has 0 radical (unpaired) electrons. The molecule has 0 bridgehead atoms. The minimum atomic E-state index is -0.281. The molecule has 4 N–H and O–H groups in total. The maximum Gasteiger partial charge on any atom is 0.243 e. The van der Waals surface area contributed by atoms with Gasteiger partial charge in [0.15, 0.2) is 0 Å². The predicted octanol–water partition coefficient (Wildman–Crippen LogP) is 4.09. The summed E-state index contributed by atoms with van der Waals surface area (Å²) in [4.78, 5) is 35.0. The fourth-order valence-corrected chi connectivity index (χ4v) is 2.63. The molecule has 0 aliphatic rings. The summed E-state index contributed by atoms with van der Waals surface area (Å²) in [7, 11) is 0. The zero-order valence-electron chi connectivity index (χ0n) is 15.8. The summed E-state index contributed by atoms with van der Waals surface area (Å²) in [6.07, 6.45) is 1.19. The van der Waals surface area contributed by atoms with Crippen molar-refractivity contribution in [2.45, 2.75) is 26.7 Å². The molecule has 0 aromatic heterocycles. The Labute approximate surface area is 168 Å². The van der Waals surface area contributed by atoms with Crippen LogP contribution in [0.2, 0.25) is 5.02 Å². The van der Waals surface area contributed by atoms with Crippen LogP contribution < -0.4 is 21.3 Å². The number of hydrogen-bond acceptors (Lipinski definition) is 4. The van der Waals surface area contributed by atoms with Gasteiger partial charge in [0, 0.05) is 30.4 Å². The number of carbonyl (C=O) groups excluding carboxylic acids is 3. The maximum absolute atomic E-state index is 12.2. The third-order valence-electron chi connectivity index (χ3n) is 3.63. The normalized spacial score (nSPS) is 10.1. The van der Waals surface area contributed by atoms with E-state index in [9.17, 15) is 14.4 Å². The first-order chi connectivity index (χ1) is 13.4. The van der Waals surface area contributed by atoms with Crippen molar-refractivity contribution >= 4 is 52.1 Å². The van der Waals surface area contributed by atoms with Crippen molar-refractivity contribution in [2.24, 2.45) is 0 Å². The van der Waals surface area contributed by atoms with Gasteiger partial charge in [-0.2, -0.15) is 0 Å². The van der Waals surface area contributed by atoms with Gasteiger partial charge in [-0.3, -0.25) is 14.4 Å². The molecule has 2 aromatic rings. The highest BCUT2D eigenvalue weighted by Crippen LogP contribution is 2.25. The Balaban J connectivity index is 1.95. The molecule has 28 heavy (non-hydrogen) atoms. The molecule has 0 saturated carbocycles. The van der Waals surface area contributed by atoms with Gasteiger partial charge in [0.2, 0.25) is 17.7 Å². The molecule has 0 aliphatic heterocycles. The highest BCUT2D eigenvalue weighted by molar-refractivity contribution is 6.33. The van der Waals surface area contributed by atoms with E-state index in [-0.39, 0.29) is 24.3 Å². The van der Waals surface area contributed by atoms with Crippen LogP contribution in [-0.4, -0.2) is 24.3 Å². The van der Waals surface area contributed by atoms with Crippen molar-refractivity contribution in [1.82, 2.24) is 0 Å². The van der Waals surface area contributed by atoms with Gasteiger partial charge < -0.3 is 21.3 Å². The molecular weight excluding hydrogens is 380 g/mol. The van der Waals surface area contributed by atoms with Crippen LogP contribution in [0.4, 0.5) is 22.7 Å². The smallest absolute Gasteiger partial charge is 0.243 e. The zero-order chi connectivity index (χ0) is 20.5. The third kappa shape index (κ3) is 6.92. The summed E-state index contributed by atoms with van der Waals surface area (Å²) < 4.78 is 0. The summed E-state index contributed by atoms with van der Waals surface area (Å²) in [5, 5.41) is 11.6. The van der Waals surface area contributed by atoms with Crippen LogP contribution >= 0.6 is 11.6 Å². The molecule has 0 heterocycles. The number of carbonyl (C=O) groups is 3. The zero-order valence-corrected chi connectivity index (χ0v) is 16.5. The second kappa shape index (κ2) is 10.3. The van der Waals surface area contributed by atoms with Crippen molar-refractivity contribution in [3.8, 4) is 0 Å². The molecule has 3 amide bonds. The lowest BCUT2D eigenvalue weighted by Gasteiger charge is -2.12. The summed E-state index contributed by atoms with van der Waals surface area (Å²) in [5.74, 6) is -0.547. The fraction of sp³-hybridized carbons (Fsp3) is 0.250. The van der Waals surface area contributed by atoms with Gasteiger partial charge in [0.05, 0.1) is 17.3 Å². The average molecular weight is 403 g/mol. The topological polar surface area (TPSA) is 99.3 Å². The van der Waals surface area contributed by atoms with Crippen LogP contribution in [0.5, 0.6) is 0 Å². The largest absolute Gasteiger partial charge is 0.375 e. The molecule has 0 spiro atoms. The Morgan fingerprint density at radius 1 is 0.893 bits per heavy atom. The SMILES string of the molecule is CCCC(=O)Nc1ccc(Cl)c(NCC(=O)Nc2cccc(NC(C)=O)c2)c1. The van der Waals surface area contributed by atoms with Crippen LogP contribution in [0, 0.1) is 0 Å². The summed E-state index contributed by atoms with van der Waals surface area (Å²) in [6, 6.07) is 11.9. The van der Waals surface area contributed by atoms with E-state index >= 15 is 0 Å². The molecule has 0 fully saturated rings. The second-order valence-corrected chi connectivity index (χ2v) is 6.56. The van der Waals surface area contributed by atoms with Gasteiger partial charge in [-0.25, -0.2) is 0 Å². The first kappa shape index (κ1) is 21.2. The molecular formula is C20H23ClN4O3. The summed E-state index contributed by atoms with van der Waals surface area (Å²) in [6.45, 7) is 3.33. The summed E-state index contributed by atoms with van der Waals surface area (Å²) in [5.41, 5.74) is 2.30. The molecule has 0 unspecified atom stereocenters. The maximum atomic E-state index is 12.2. The number of hydrogen-bond donors (Lipinski definition) is 4. The van der Waals surface area contributed by atoms with Crippen LogP contribution in [0.3, 0.4) is 0 Å². The Hall–Kier alpha value is -3.06. The molecule has 2 rings (SSSR count). The lowest BCUT2D eigenvalue weighted by atomic mass is 10.2. The number of anilines is 4. The Morgan fingerprint density at radius 2 is 1.54 bits per heavy atom. The first-order valence-corrected chi connectivity index (χ1v) is 9.26. The molecule has 0 atom stereocenters. The number of amides is 3. The van der Waals surface area contributed by atoms with Crippen molar-refractivity contribution < 1.29 is 14.4 Å². The lowest BCUT2D eigenvalue weighted by molar-refractivity contribution is -0.116. The van der Waals surface area contributed by atoms with E-state index in [4.69, 9.17) is 11.6 Å². The predicted molar refractivity (Wildman–Crippen MR) is 113 cm³/mol. The van der Waals surface area contributed by atoms with E-state index < -0.39 is 0 Å². The number of nitrogens with one attached hydrogen (secondary N) is 4. The second-order valence-electron chi connectivity index (χ2n) is 6.16. The van der Waals surface area contributed by atoms with Crippen LogP contribution in [-0.2, 0) is 14.4 Å². The van der Waals surface area contributed by atoms with Gasteiger partial charge in [-0.15, -0.1) is 0 Å². The van der Waals surface area contributed by atoms with Crippen molar-refractivity contribution in [1.29, 1.82) is 0 Å². The van der Waals surface area contributed by atoms with Crippen LogP contribution in [0.1, 0.15) is 26.7 Å². The number of halogens is 1. The highest BCUT2D eigenvalue weighted by atomic mass is 35.5. The lowest BCUT2D eigenvalue weighted by Crippen LogP contribution is -2.22. The van der Waals surface area contributed by atoms with Crippen molar-refractivity contribution in [3.05, 3.63) is 47.5 Å². The minimum absolute atomic E-state index is 0.0174. The van der Waals surface area contributed by atoms with Crippen molar-refractivity contribution in [3.63, 3.8) is 0 Å². The molecule has 0 aliphatic carbocycles. The van der Waals surface area contributed by atoms with E-state index in [2.05, 4.69) is 21.3 Å². The van der Waals surface area contributed by atoms with Crippen molar-refractivity contribution in [2.75, 3.05) is 27.8 Å². The monoisotopic (exact) mass is 402 g/mol. The minimum Gasteiger partial charge on any atom is -0.375 e. The van der Waals surface area contributed by atoms with E-state index in [1.165, 1.54) is 6.92 Å². The summed E-state index contributed by atoms with van der Waals surface area (Å²) >= 11 is 6.16. The number of rotatable bonds is 8. The van der Waals surface area contributed by atoms with Gasteiger partial charge in [-0.1, -0.05) is 24.6 Å². The van der Waals surface area contributed by atoms with Gasteiger partial charge in [-0.05, 0) is 42.8 Å². The van der Waals surface area contributed by atoms with Crippen LogP contribution in [0.25, 0.3) is 0 Å². The first-order valence-electron chi connectivity index (χ1n) is 8.88. The van der Waals surface area contributed by atoms with Gasteiger partial charge in [0.25, 0.3) is 0 Å². The Morgan fingerprint density at radius 3 is 2.21 bits per heavy atom. The fourth-order valence-electron chi connectivity index (χ4n) is 2.45. The van der Waals surface area contributed by atoms with E-state index in [0.717, 1.165) is 6.42 Å². The van der Waals surface area contributed by atoms with E-state index in [1.54, 1.807) is 42.5 Å². The molecule has 7 nitrogen and oxygen atoms in total. The molecule has 0 saturated heterocycles. The third-order valence-corrected chi connectivity index (χ3v) is 3.96. The number of benzene rings is 2. The quantitative estimate of drug-likeness (QED) is 0.534. The van der Waals surface area contributed by atoms with Crippen LogP contribution in [0.15, 0.2) is 42.5 Å². The van der Waals surface area contributed by atoms with E-state index in [1.807, 2.05) is 6.92 Å². The van der Waals surface area contributed by atoms with Gasteiger partial charge in [0.1, 0.15) is 0 Å². The average Bonchev–Trinajstić information content (AvgIpc) is 2.62. The van der Waals surface area contributed by atoms with Gasteiger partial charge >= 0.3 is 0 Å². The standard InChI is InChI=1S/C20H23ClN4O3/c1-3-5-19(27)24-16-8-9-17(21)18(11-16)22-12-20(28)25-15-7-4-6-14(10-15)23-13(2)26/h4,6-11,22H,3,5,12H2,1-2H3,(H,23,26)(H,24,27)(H,25,28). The van der Waals surface area contributed by atoms with E-state index in [0.29, 0.717) is 34.2 Å².